The Labute approximate surface area is 175 Å². The van der Waals surface area contributed by atoms with Crippen LogP contribution in [0.2, 0.25) is 5.02 Å². The quantitative estimate of drug-likeness (QED) is 0.599. The number of ether oxygens (including phenoxy) is 1. The van der Waals surface area contributed by atoms with Gasteiger partial charge in [-0.2, -0.15) is 0 Å². The number of carbonyl (C=O) groups is 1. The van der Waals surface area contributed by atoms with Crippen LogP contribution in [-0.4, -0.2) is 35.0 Å². The molecule has 0 aliphatic carbocycles. The van der Waals surface area contributed by atoms with Crippen molar-refractivity contribution in [3.63, 3.8) is 0 Å². The van der Waals surface area contributed by atoms with E-state index in [1.807, 2.05) is 66.4 Å². The summed E-state index contributed by atoms with van der Waals surface area (Å²) in [6, 6.07) is 17.4. The third-order valence-electron chi connectivity index (χ3n) is 5.02. The van der Waals surface area contributed by atoms with Gasteiger partial charge in [0.25, 0.3) is 0 Å². The van der Waals surface area contributed by atoms with Crippen molar-refractivity contribution < 1.29 is 13.9 Å². The van der Waals surface area contributed by atoms with Crippen molar-refractivity contribution in [3.05, 3.63) is 77.3 Å². The van der Waals surface area contributed by atoms with Crippen LogP contribution in [0.1, 0.15) is 30.9 Å². The number of rotatable bonds is 5. The molecule has 6 heteroatoms. The minimum atomic E-state index is -0.0952. The lowest BCUT2D eigenvalue weighted by atomic mass is 10.1. The summed E-state index contributed by atoms with van der Waals surface area (Å²) in [5.74, 6) is 1.32. The fourth-order valence-electron chi connectivity index (χ4n) is 3.55. The highest BCUT2D eigenvalue weighted by molar-refractivity contribution is 6.30. The van der Waals surface area contributed by atoms with E-state index >= 15 is 0 Å². The fraction of sp³-hybridized carbons (Fsp3) is 0.304. The average molecular weight is 411 g/mol. The topological polar surface area (TPSA) is 55.6 Å². The molecule has 2 heterocycles. The molecule has 2 unspecified atom stereocenters. The largest absolute Gasteiger partial charge is 0.441 e. The molecule has 0 N–H and O–H groups in total. The van der Waals surface area contributed by atoms with Crippen LogP contribution in [0.15, 0.2) is 65.2 Å². The van der Waals surface area contributed by atoms with Gasteiger partial charge in [-0.1, -0.05) is 41.9 Å². The number of carbonyl (C=O) groups excluding carboxylic acids is 1. The van der Waals surface area contributed by atoms with Crippen LogP contribution in [0.5, 0.6) is 0 Å². The Bertz CT molecular complexity index is 956. The van der Waals surface area contributed by atoms with Crippen LogP contribution >= 0.6 is 11.6 Å². The van der Waals surface area contributed by atoms with E-state index in [2.05, 4.69) is 4.98 Å². The maximum atomic E-state index is 12.8. The predicted octanol–water partition coefficient (Wildman–Crippen LogP) is 4.92. The lowest BCUT2D eigenvalue weighted by Gasteiger charge is -2.37. The van der Waals surface area contributed by atoms with E-state index in [1.54, 1.807) is 6.20 Å². The van der Waals surface area contributed by atoms with Gasteiger partial charge in [-0.3, -0.25) is 4.79 Å². The highest BCUT2D eigenvalue weighted by Gasteiger charge is 2.29. The number of halogens is 1. The van der Waals surface area contributed by atoms with E-state index in [9.17, 15) is 4.79 Å². The minimum Gasteiger partial charge on any atom is -0.441 e. The van der Waals surface area contributed by atoms with E-state index in [-0.39, 0.29) is 18.1 Å². The molecule has 1 aromatic heterocycles. The van der Waals surface area contributed by atoms with E-state index in [1.165, 1.54) is 0 Å². The number of aromatic nitrogens is 1. The first-order valence-corrected chi connectivity index (χ1v) is 10.1. The molecule has 2 aromatic carbocycles. The zero-order chi connectivity index (χ0) is 20.2. The molecule has 1 saturated heterocycles. The summed E-state index contributed by atoms with van der Waals surface area (Å²) in [7, 11) is 0. The molecule has 0 bridgehead atoms. The van der Waals surface area contributed by atoms with E-state index in [4.69, 9.17) is 20.8 Å². The molecule has 150 valence electrons. The van der Waals surface area contributed by atoms with Gasteiger partial charge in [0, 0.05) is 30.0 Å². The molecule has 1 fully saturated rings. The number of oxazole rings is 1. The standard InChI is InChI=1S/C23H23ClN2O3/c1-16-14-26(15-21(28-16)17-5-3-2-4-6-17)23(27)12-11-22-25-13-20(29-22)18-7-9-19(24)10-8-18/h2-10,13,16,21H,11-12,14-15H2,1H3. The van der Waals surface area contributed by atoms with Gasteiger partial charge in [0.1, 0.15) is 6.10 Å². The van der Waals surface area contributed by atoms with Crippen molar-refractivity contribution in [1.82, 2.24) is 9.88 Å². The van der Waals surface area contributed by atoms with Gasteiger partial charge < -0.3 is 14.1 Å². The molecule has 0 radical (unpaired) electrons. The molecule has 29 heavy (non-hydrogen) atoms. The van der Waals surface area contributed by atoms with Crippen LogP contribution in [0, 0.1) is 0 Å². The van der Waals surface area contributed by atoms with Gasteiger partial charge in [0.15, 0.2) is 11.7 Å². The van der Waals surface area contributed by atoms with E-state index in [0.717, 1.165) is 11.1 Å². The van der Waals surface area contributed by atoms with Crippen LogP contribution < -0.4 is 0 Å². The predicted molar refractivity (Wildman–Crippen MR) is 112 cm³/mol. The first kappa shape index (κ1) is 19.7. The maximum absolute atomic E-state index is 12.8. The summed E-state index contributed by atoms with van der Waals surface area (Å²) in [6.07, 6.45) is 2.41. The zero-order valence-corrected chi connectivity index (χ0v) is 17.0. The van der Waals surface area contributed by atoms with Gasteiger partial charge in [0.05, 0.1) is 18.8 Å². The molecule has 4 rings (SSSR count). The molecule has 2 atom stereocenters. The van der Waals surface area contributed by atoms with Gasteiger partial charge in [-0.15, -0.1) is 0 Å². The fourth-order valence-corrected chi connectivity index (χ4v) is 3.68. The zero-order valence-electron chi connectivity index (χ0n) is 16.3. The second-order valence-electron chi connectivity index (χ2n) is 7.27. The van der Waals surface area contributed by atoms with E-state index < -0.39 is 0 Å². The van der Waals surface area contributed by atoms with Gasteiger partial charge in [-0.25, -0.2) is 4.98 Å². The number of amides is 1. The monoisotopic (exact) mass is 410 g/mol. The molecular weight excluding hydrogens is 388 g/mol. The normalized spacial score (nSPS) is 19.3. The third kappa shape index (κ3) is 4.86. The lowest BCUT2D eigenvalue weighted by Crippen LogP contribution is -2.46. The van der Waals surface area contributed by atoms with Crippen molar-refractivity contribution in [2.45, 2.75) is 32.0 Å². The lowest BCUT2D eigenvalue weighted by molar-refractivity contribution is -0.144. The Morgan fingerprint density at radius 2 is 1.90 bits per heavy atom. The van der Waals surface area contributed by atoms with Crippen LogP contribution in [0.4, 0.5) is 0 Å². The molecule has 0 saturated carbocycles. The molecule has 5 nitrogen and oxygen atoms in total. The Balaban J connectivity index is 1.36. The Morgan fingerprint density at radius 3 is 2.66 bits per heavy atom. The van der Waals surface area contributed by atoms with Crippen molar-refractivity contribution in [2.75, 3.05) is 13.1 Å². The van der Waals surface area contributed by atoms with Crippen molar-refractivity contribution in [3.8, 4) is 11.3 Å². The summed E-state index contributed by atoms with van der Waals surface area (Å²) in [5, 5.41) is 0.674. The summed E-state index contributed by atoms with van der Waals surface area (Å²) in [6.45, 7) is 3.17. The number of aryl methyl sites for hydroxylation is 1. The number of hydrogen-bond acceptors (Lipinski definition) is 4. The highest BCUT2D eigenvalue weighted by atomic mass is 35.5. The number of benzene rings is 2. The number of morpholine rings is 1. The average Bonchev–Trinajstić information content (AvgIpc) is 3.22. The van der Waals surface area contributed by atoms with Crippen molar-refractivity contribution in [1.29, 1.82) is 0 Å². The SMILES string of the molecule is CC1CN(C(=O)CCc2ncc(-c3ccc(Cl)cc3)o2)CC(c2ccccc2)O1. The molecule has 0 spiro atoms. The molecule has 1 aliphatic rings. The minimum absolute atomic E-state index is 0.00356. The van der Waals surface area contributed by atoms with Crippen LogP contribution in [0.3, 0.4) is 0 Å². The summed E-state index contributed by atoms with van der Waals surface area (Å²) >= 11 is 5.93. The van der Waals surface area contributed by atoms with Gasteiger partial charge >= 0.3 is 0 Å². The van der Waals surface area contributed by atoms with Crippen LogP contribution in [0.25, 0.3) is 11.3 Å². The Morgan fingerprint density at radius 1 is 1.14 bits per heavy atom. The summed E-state index contributed by atoms with van der Waals surface area (Å²) in [5.41, 5.74) is 2.00. The number of nitrogens with zero attached hydrogens (tertiary/aromatic N) is 2. The first-order valence-electron chi connectivity index (χ1n) is 9.77. The number of hydrogen-bond donors (Lipinski definition) is 0. The molecular formula is C23H23ClN2O3. The molecule has 1 aliphatic heterocycles. The molecule has 3 aromatic rings. The van der Waals surface area contributed by atoms with Gasteiger partial charge in [-0.05, 0) is 36.8 Å². The molecule has 1 amide bonds. The van der Waals surface area contributed by atoms with E-state index in [0.29, 0.717) is 42.6 Å². The Hall–Kier alpha value is -2.63. The second-order valence-corrected chi connectivity index (χ2v) is 7.71. The van der Waals surface area contributed by atoms with Crippen LogP contribution in [-0.2, 0) is 16.0 Å². The Kier molecular flexibility index (Phi) is 5.97. The second kappa shape index (κ2) is 8.80. The smallest absolute Gasteiger partial charge is 0.223 e. The summed E-state index contributed by atoms with van der Waals surface area (Å²) < 4.78 is 11.9. The van der Waals surface area contributed by atoms with Crippen molar-refractivity contribution in [2.24, 2.45) is 0 Å². The van der Waals surface area contributed by atoms with Gasteiger partial charge in [0.2, 0.25) is 5.91 Å². The maximum Gasteiger partial charge on any atom is 0.223 e. The summed E-state index contributed by atoms with van der Waals surface area (Å²) in [4.78, 5) is 19.0. The first-order chi connectivity index (χ1) is 14.1. The highest BCUT2D eigenvalue weighted by Crippen LogP contribution is 2.26. The van der Waals surface area contributed by atoms with Crippen molar-refractivity contribution >= 4 is 17.5 Å². The third-order valence-corrected chi connectivity index (χ3v) is 5.27.